The van der Waals surface area contributed by atoms with E-state index in [1.165, 1.54) is 43.7 Å². The highest BCUT2D eigenvalue weighted by molar-refractivity contribution is 6.13. The van der Waals surface area contributed by atoms with Gasteiger partial charge in [0.2, 0.25) is 0 Å². The molecule has 1 aromatic heterocycles. The van der Waals surface area contributed by atoms with Crippen LogP contribution >= 0.6 is 0 Å². The second kappa shape index (κ2) is 8.69. The summed E-state index contributed by atoms with van der Waals surface area (Å²) in [6, 6.07) is 50.0. The highest BCUT2D eigenvalue weighted by atomic mass is 15.1. The van der Waals surface area contributed by atoms with Gasteiger partial charge in [0.05, 0.1) is 0 Å². The van der Waals surface area contributed by atoms with Crippen LogP contribution in [0.25, 0.3) is 43.7 Å². The van der Waals surface area contributed by atoms with E-state index in [0.717, 1.165) is 17.1 Å². The van der Waals surface area contributed by atoms with Gasteiger partial charge < -0.3 is 9.47 Å². The SMILES string of the molecule is Cn1c2ccc(-c3ccc(N(c4ccccc4)c4ccccc4)cc3)cc2c2cc3ccccc3cc21. The van der Waals surface area contributed by atoms with Gasteiger partial charge in [-0.3, -0.25) is 0 Å². The second-order valence-electron chi connectivity index (χ2n) is 9.56. The minimum atomic E-state index is 1.14. The van der Waals surface area contributed by atoms with Crippen molar-refractivity contribution in [2.24, 2.45) is 7.05 Å². The van der Waals surface area contributed by atoms with Crippen LogP contribution in [-0.2, 0) is 7.05 Å². The van der Waals surface area contributed by atoms with Crippen molar-refractivity contribution < 1.29 is 0 Å². The number of hydrogen-bond donors (Lipinski definition) is 0. The Morgan fingerprint density at radius 1 is 0.432 bits per heavy atom. The molecule has 0 bridgehead atoms. The van der Waals surface area contributed by atoms with Crippen molar-refractivity contribution >= 4 is 49.6 Å². The monoisotopic (exact) mass is 474 g/mol. The van der Waals surface area contributed by atoms with Crippen LogP contribution in [0.2, 0.25) is 0 Å². The fourth-order valence-corrected chi connectivity index (χ4v) is 5.48. The molecule has 0 spiro atoms. The molecule has 2 heteroatoms. The first kappa shape index (κ1) is 21.5. The zero-order valence-corrected chi connectivity index (χ0v) is 20.7. The van der Waals surface area contributed by atoms with Crippen molar-refractivity contribution in [1.82, 2.24) is 4.57 Å². The first-order valence-electron chi connectivity index (χ1n) is 12.7. The van der Waals surface area contributed by atoms with Crippen molar-refractivity contribution in [2.75, 3.05) is 4.90 Å². The lowest BCUT2D eigenvalue weighted by molar-refractivity contribution is 1.02. The Kier molecular flexibility index (Phi) is 5.04. The van der Waals surface area contributed by atoms with Crippen LogP contribution in [0.4, 0.5) is 17.1 Å². The summed E-state index contributed by atoms with van der Waals surface area (Å²) in [5, 5.41) is 5.14. The average Bonchev–Trinajstić information content (AvgIpc) is 3.24. The van der Waals surface area contributed by atoms with Gasteiger partial charge in [-0.1, -0.05) is 78.9 Å². The molecule has 6 aromatic carbocycles. The first-order valence-corrected chi connectivity index (χ1v) is 12.7. The highest BCUT2D eigenvalue weighted by Gasteiger charge is 2.13. The molecule has 0 N–H and O–H groups in total. The van der Waals surface area contributed by atoms with Crippen LogP contribution < -0.4 is 4.90 Å². The number of nitrogens with zero attached hydrogens (tertiary/aromatic N) is 2. The number of rotatable bonds is 4. The van der Waals surface area contributed by atoms with E-state index in [1.807, 2.05) is 0 Å². The molecule has 0 aliphatic carbocycles. The molecule has 0 aliphatic rings. The Morgan fingerprint density at radius 2 is 0.946 bits per heavy atom. The van der Waals surface area contributed by atoms with Gasteiger partial charge in [0.25, 0.3) is 0 Å². The maximum Gasteiger partial charge on any atom is 0.0495 e. The number of aromatic nitrogens is 1. The largest absolute Gasteiger partial charge is 0.344 e. The molecular formula is C35H26N2. The topological polar surface area (TPSA) is 8.17 Å². The fraction of sp³-hybridized carbons (Fsp3) is 0.0286. The summed E-state index contributed by atoms with van der Waals surface area (Å²) in [6.45, 7) is 0. The third-order valence-corrected chi connectivity index (χ3v) is 7.36. The number of aryl methyl sites for hydroxylation is 1. The Balaban J connectivity index is 1.32. The van der Waals surface area contributed by atoms with Gasteiger partial charge in [-0.15, -0.1) is 0 Å². The predicted molar refractivity (Wildman–Crippen MR) is 158 cm³/mol. The Morgan fingerprint density at radius 3 is 1.59 bits per heavy atom. The number of fused-ring (bicyclic) bond motifs is 4. The quantitative estimate of drug-likeness (QED) is 0.246. The van der Waals surface area contributed by atoms with E-state index in [9.17, 15) is 0 Å². The number of benzene rings is 6. The zero-order valence-electron chi connectivity index (χ0n) is 20.7. The molecule has 0 aliphatic heterocycles. The van der Waals surface area contributed by atoms with E-state index in [1.54, 1.807) is 0 Å². The summed E-state index contributed by atoms with van der Waals surface area (Å²) in [6.07, 6.45) is 0. The maximum atomic E-state index is 2.34. The van der Waals surface area contributed by atoms with Crippen LogP contribution in [0.15, 0.2) is 140 Å². The molecule has 7 aromatic rings. The number of hydrogen-bond acceptors (Lipinski definition) is 1. The second-order valence-corrected chi connectivity index (χ2v) is 9.56. The lowest BCUT2D eigenvalue weighted by Crippen LogP contribution is -2.09. The van der Waals surface area contributed by atoms with Gasteiger partial charge in [0.15, 0.2) is 0 Å². The van der Waals surface area contributed by atoms with Crippen molar-refractivity contribution in [3.63, 3.8) is 0 Å². The Labute approximate surface area is 216 Å². The van der Waals surface area contributed by atoms with E-state index < -0.39 is 0 Å². The summed E-state index contributed by atoms with van der Waals surface area (Å²) in [5.41, 5.74) is 8.39. The standard InChI is InChI=1S/C35H26N2/c1-36-34-21-18-28(23-32(34)33-22-26-10-8-9-11-27(26)24-35(33)36)25-16-19-31(20-17-25)37(29-12-4-2-5-13-29)30-14-6-3-7-15-30/h2-24H,1H3. The Bertz CT molecular complexity index is 1830. The van der Waals surface area contributed by atoms with Crippen LogP contribution in [0.1, 0.15) is 0 Å². The Hall–Kier alpha value is -4.82. The smallest absolute Gasteiger partial charge is 0.0495 e. The molecule has 0 amide bonds. The van der Waals surface area contributed by atoms with E-state index in [-0.39, 0.29) is 0 Å². The highest BCUT2D eigenvalue weighted by Crippen LogP contribution is 2.37. The predicted octanol–water partition coefficient (Wildman–Crippen LogP) is 9.62. The molecule has 0 saturated heterocycles. The van der Waals surface area contributed by atoms with E-state index in [0.29, 0.717) is 0 Å². The molecule has 0 unspecified atom stereocenters. The van der Waals surface area contributed by atoms with Crippen molar-refractivity contribution in [2.45, 2.75) is 0 Å². The molecular weight excluding hydrogens is 448 g/mol. The molecule has 2 nitrogen and oxygen atoms in total. The van der Waals surface area contributed by atoms with Crippen LogP contribution in [0, 0.1) is 0 Å². The number of anilines is 3. The van der Waals surface area contributed by atoms with Gasteiger partial charge in [-0.2, -0.15) is 0 Å². The van der Waals surface area contributed by atoms with E-state index in [2.05, 4.69) is 156 Å². The van der Waals surface area contributed by atoms with Crippen molar-refractivity contribution in [3.05, 3.63) is 140 Å². The summed E-state index contributed by atoms with van der Waals surface area (Å²) in [4.78, 5) is 2.29. The molecule has 0 fully saturated rings. The van der Waals surface area contributed by atoms with Crippen LogP contribution in [0.3, 0.4) is 0 Å². The summed E-state index contributed by atoms with van der Waals surface area (Å²) in [5.74, 6) is 0. The molecule has 0 atom stereocenters. The first-order chi connectivity index (χ1) is 18.3. The number of para-hydroxylation sites is 2. The van der Waals surface area contributed by atoms with Gasteiger partial charge in [0.1, 0.15) is 0 Å². The lowest BCUT2D eigenvalue weighted by atomic mass is 10.0. The zero-order chi connectivity index (χ0) is 24.8. The van der Waals surface area contributed by atoms with Crippen molar-refractivity contribution in [3.8, 4) is 11.1 Å². The van der Waals surface area contributed by atoms with Gasteiger partial charge in [-0.25, -0.2) is 0 Å². The van der Waals surface area contributed by atoms with E-state index >= 15 is 0 Å². The molecule has 0 saturated carbocycles. The molecule has 176 valence electrons. The third kappa shape index (κ3) is 3.66. The van der Waals surface area contributed by atoms with Gasteiger partial charge >= 0.3 is 0 Å². The summed E-state index contributed by atoms with van der Waals surface area (Å²) in [7, 11) is 2.16. The van der Waals surface area contributed by atoms with Gasteiger partial charge in [-0.05, 0) is 82.6 Å². The minimum Gasteiger partial charge on any atom is -0.344 e. The maximum absolute atomic E-state index is 2.34. The third-order valence-electron chi connectivity index (χ3n) is 7.36. The molecule has 37 heavy (non-hydrogen) atoms. The average molecular weight is 475 g/mol. The molecule has 7 rings (SSSR count). The normalized spacial score (nSPS) is 11.4. The van der Waals surface area contributed by atoms with Crippen molar-refractivity contribution in [1.29, 1.82) is 0 Å². The fourth-order valence-electron chi connectivity index (χ4n) is 5.48. The van der Waals surface area contributed by atoms with Crippen LogP contribution in [-0.4, -0.2) is 4.57 Å². The van der Waals surface area contributed by atoms with Crippen LogP contribution in [0.5, 0.6) is 0 Å². The molecule has 0 radical (unpaired) electrons. The molecule has 1 heterocycles. The summed E-state index contributed by atoms with van der Waals surface area (Å²) < 4.78 is 2.31. The minimum absolute atomic E-state index is 1.14. The lowest BCUT2D eigenvalue weighted by Gasteiger charge is -2.25. The van der Waals surface area contributed by atoms with Gasteiger partial charge in [0, 0.05) is 45.9 Å². The van der Waals surface area contributed by atoms with E-state index in [4.69, 9.17) is 0 Å². The summed E-state index contributed by atoms with van der Waals surface area (Å²) >= 11 is 0.